The minimum absolute atomic E-state index is 0.295. The predicted octanol–water partition coefficient (Wildman–Crippen LogP) is 3.78. The van der Waals surface area contributed by atoms with Crippen molar-refractivity contribution in [2.75, 3.05) is 0 Å². The molecule has 0 aliphatic rings. The number of hydrazine groups is 1. The second-order valence-corrected chi connectivity index (χ2v) is 5.20. The van der Waals surface area contributed by atoms with E-state index >= 15 is 0 Å². The normalized spacial score (nSPS) is 12.7. The predicted molar refractivity (Wildman–Crippen MR) is 76.0 cm³/mol. The summed E-state index contributed by atoms with van der Waals surface area (Å²) in [6.07, 6.45) is 0. The van der Waals surface area contributed by atoms with E-state index in [9.17, 15) is 13.2 Å². The summed E-state index contributed by atoms with van der Waals surface area (Å²) >= 11 is 0. The van der Waals surface area contributed by atoms with E-state index in [0.29, 0.717) is 23.6 Å². The van der Waals surface area contributed by atoms with E-state index in [4.69, 9.17) is 5.84 Å². The molecule has 0 radical (unpaired) electrons. The van der Waals surface area contributed by atoms with Gasteiger partial charge in [0.25, 0.3) is 0 Å². The van der Waals surface area contributed by atoms with E-state index in [1.807, 2.05) is 26.0 Å². The van der Waals surface area contributed by atoms with Crippen LogP contribution in [0.1, 0.15) is 42.5 Å². The molecule has 0 aliphatic heterocycles. The summed E-state index contributed by atoms with van der Waals surface area (Å²) in [5.41, 5.74) is 3.80. The summed E-state index contributed by atoms with van der Waals surface area (Å²) in [4.78, 5) is 0. The number of nitrogens with two attached hydrogens (primary N) is 1. The summed E-state index contributed by atoms with van der Waals surface area (Å²) < 4.78 is 40.7. The first-order valence-corrected chi connectivity index (χ1v) is 6.64. The van der Waals surface area contributed by atoms with E-state index in [0.717, 1.165) is 5.56 Å². The van der Waals surface area contributed by atoms with Crippen LogP contribution in [0, 0.1) is 17.5 Å². The van der Waals surface area contributed by atoms with Gasteiger partial charge in [-0.1, -0.05) is 38.1 Å². The third-order valence-corrected chi connectivity index (χ3v) is 3.44. The fourth-order valence-corrected chi connectivity index (χ4v) is 2.25. The Morgan fingerprint density at radius 1 is 0.905 bits per heavy atom. The molecule has 21 heavy (non-hydrogen) atoms. The van der Waals surface area contributed by atoms with Gasteiger partial charge in [-0.05, 0) is 17.0 Å². The molecule has 0 amide bonds. The Bertz CT molecular complexity index is 601. The van der Waals surface area contributed by atoms with Crippen molar-refractivity contribution < 1.29 is 13.2 Å². The molecule has 112 valence electrons. The van der Waals surface area contributed by atoms with Gasteiger partial charge in [0, 0.05) is 17.7 Å². The minimum atomic E-state index is -0.969. The van der Waals surface area contributed by atoms with Crippen molar-refractivity contribution in [3.05, 3.63) is 70.5 Å². The maximum atomic E-state index is 13.9. The van der Waals surface area contributed by atoms with E-state index in [-0.39, 0.29) is 5.56 Å². The third-order valence-electron chi connectivity index (χ3n) is 3.44. The number of benzene rings is 2. The average Bonchev–Trinajstić information content (AvgIpc) is 2.42. The molecule has 0 aliphatic carbocycles. The second-order valence-electron chi connectivity index (χ2n) is 5.20. The molecular formula is C16H17F3N2. The van der Waals surface area contributed by atoms with Crippen molar-refractivity contribution in [2.45, 2.75) is 25.8 Å². The lowest BCUT2D eigenvalue weighted by Gasteiger charge is -2.19. The zero-order valence-electron chi connectivity index (χ0n) is 11.8. The van der Waals surface area contributed by atoms with Gasteiger partial charge in [-0.3, -0.25) is 5.84 Å². The Morgan fingerprint density at radius 3 is 1.81 bits per heavy atom. The summed E-state index contributed by atoms with van der Waals surface area (Å²) in [6, 6.07) is 7.67. The van der Waals surface area contributed by atoms with Gasteiger partial charge < -0.3 is 0 Å². The Hall–Kier alpha value is -1.85. The fourth-order valence-electron chi connectivity index (χ4n) is 2.25. The molecule has 1 atom stereocenters. The second kappa shape index (κ2) is 6.28. The molecule has 2 rings (SSSR count). The van der Waals surface area contributed by atoms with Crippen molar-refractivity contribution in [1.29, 1.82) is 0 Å². The highest BCUT2D eigenvalue weighted by atomic mass is 19.1. The van der Waals surface area contributed by atoms with Crippen LogP contribution in [0.25, 0.3) is 0 Å². The summed E-state index contributed by atoms with van der Waals surface area (Å²) in [6.45, 7) is 4.10. The fraction of sp³-hybridized carbons (Fsp3) is 0.250. The zero-order valence-corrected chi connectivity index (χ0v) is 11.8. The highest BCUT2D eigenvalue weighted by Crippen LogP contribution is 2.28. The van der Waals surface area contributed by atoms with Crippen LogP contribution in [0.5, 0.6) is 0 Å². The van der Waals surface area contributed by atoms with Crippen LogP contribution < -0.4 is 11.3 Å². The standard InChI is InChI=1S/C16H17F3N2/c1-9(2)10-3-5-11(6-4-10)16(21-20)15-13(18)7-12(17)8-14(15)19/h3-9,16,21H,20H2,1-2H3. The number of nitrogens with one attached hydrogen (secondary N) is 1. The largest absolute Gasteiger partial charge is 0.271 e. The lowest BCUT2D eigenvalue weighted by molar-refractivity contribution is 0.492. The molecule has 1 unspecified atom stereocenters. The molecule has 0 heterocycles. The van der Waals surface area contributed by atoms with Crippen LogP contribution in [0.15, 0.2) is 36.4 Å². The van der Waals surface area contributed by atoms with Gasteiger partial charge in [-0.25, -0.2) is 18.6 Å². The van der Waals surface area contributed by atoms with E-state index in [1.165, 1.54) is 0 Å². The molecule has 2 aromatic carbocycles. The van der Waals surface area contributed by atoms with Gasteiger partial charge in [-0.2, -0.15) is 0 Å². The summed E-state index contributed by atoms with van der Waals surface area (Å²) in [5.74, 6) is 2.89. The Morgan fingerprint density at radius 2 is 1.38 bits per heavy atom. The van der Waals surface area contributed by atoms with Gasteiger partial charge in [0.05, 0.1) is 6.04 Å². The third kappa shape index (κ3) is 3.25. The molecule has 0 aromatic heterocycles. The van der Waals surface area contributed by atoms with E-state index in [1.54, 1.807) is 12.1 Å². The molecule has 2 nitrogen and oxygen atoms in total. The van der Waals surface area contributed by atoms with Crippen LogP contribution in [0.3, 0.4) is 0 Å². The first kappa shape index (κ1) is 15.5. The van der Waals surface area contributed by atoms with Crippen molar-refractivity contribution in [1.82, 2.24) is 5.43 Å². The molecule has 0 saturated carbocycles. The van der Waals surface area contributed by atoms with Crippen LogP contribution in [-0.4, -0.2) is 0 Å². The van der Waals surface area contributed by atoms with Gasteiger partial charge in [-0.15, -0.1) is 0 Å². The number of halogens is 3. The van der Waals surface area contributed by atoms with Crippen molar-refractivity contribution in [3.8, 4) is 0 Å². The average molecular weight is 294 g/mol. The monoisotopic (exact) mass is 294 g/mol. The lowest BCUT2D eigenvalue weighted by Crippen LogP contribution is -2.30. The van der Waals surface area contributed by atoms with Crippen LogP contribution in [0.4, 0.5) is 13.2 Å². The first-order chi connectivity index (χ1) is 9.93. The molecule has 2 aromatic rings. The molecular weight excluding hydrogens is 277 g/mol. The minimum Gasteiger partial charge on any atom is -0.271 e. The zero-order chi connectivity index (χ0) is 15.6. The molecule has 3 N–H and O–H groups in total. The lowest BCUT2D eigenvalue weighted by atomic mass is 9.95. The topological polar surface area (TPSA) is 38.0 Å². The van der Waals surface area contributed by atoms with Crippen molar-refractivity contribution in [3.63, 3.8) is 0 Å². The number of rotatable bonds is 4. The Labute approximate surface area is 121 Å². The van der Waals surface area contributed by atoms with Crippen molar-refractivity contribution >= 4 is 0 Å². The van der Waals surface area contributed by atoms with Gasteiger partial charge in [0.2, 0.25) is 0 Å². The van der Waals surface area contributed by atoms with Crippen LogP contribution >= 0.6 is 0 Å². The maximum Gasteiger partial charge on any atom is 0.134 e. The van der Waals surface area contributed by atoms with Gasteiger partial charge in [0.15, 0.2) is 0 Å². The smallest absolute Gasteiger partial charge is 0.134 e. The SMILES string of the molecule is CC(C)c1ccc(C(NN)c2c(F)cc(F)cc2F)cc1. The molecule has 0 fully saturated rings. The highest BCUT2D eigenvalue weighted by Gasteiger charge is 2.22. The van der Waals surface area contributed by atoms with E-state index < -0.39 is 23.5 Å². The summed E-state index contributed by atoms with van der Waals surface area (Å²) in [7, 11) is 0. The van der Waals surface area contributed by atoms with E-state index in [2.05, 4.69) is 5.43 Å². The van der Waals surface area contributed by atoms with Crippen molar-refractivity contribution in [2.24, 2.45) is 5.84 Å². The Balaban J connectivity index is 2.45. The van der Waals surface area contributed by atoms with Crippen LogP contribution in [-0.2, 0) is 0 Å². The molecule has 0 saturated heterocycles. The maximum absolute atomic E-state index is 13.9. The Kier molecular flexibility index (Phi) is 4.65. The quantitative estimate of drug-likeness (QED) is 0.665. The van der Waals surface area contributed by atoms with Gasteiger partial charge in [0.1, 0.15) is 17.5 Å². The summed E-state index contributed by atoms with van der Waals surface area (Å²) in [5, 5.41) is 0. The van der Waals surface area contributed by atoms with Crippen LogP contribution in [0.2, 0.25) is 0 Å². The van der Waals surface area contributed by atoms with Gasteiger partial charge >= 0.3 is 0 Å². The molecule has 5 heteroatoms. The number of hydrogen-bond acceptors (Lipinski definition) is 2. The highest BCUT2D eigenvalue weighted by molar-refractivity contribution is 5.35. The first-order valence-electron chi connectivity index (χ1n) is 6.64. The number of hydrogen-bond donors (Lipinski definition) is 2. The molecule has 0 spiro atoms. The molecule has 0 bridgehead atoms.